The topological polar surface area (TPSA) is 65.0 Å². The Balaban J connectivity index is 1.32. The molecular formula is C26H35N3O3. The summed E-state index contributed by atoms with van der Waals surface area (Å²) in [5.74, 6) is 0.809. The summed E-state index contributed by atoms with van der Waals surface area (Å²) >= 11 is 0. The van der Waals surface area contributed by atoms with E-state index in [-0.39, 0.29) is 11.9 Å². The zero-order valence-corrected chi connectivity index (χ0v) is 19.0. The highest BCUT2D eigenvalue weighted by molar-refractivity contribution is 5.82. The van der Waals surface area contributed by atoms with Crippen LogP contribution in [0.1, 0.15) is 37.3 Å². The predicted octanol–water partition coefficient (Wildman–Crippen LogP) is 2.80. The number of β-amino-alcohol motifs (C(OH)–C–C–N with tert-alkyl or cyclic N) is 1. The van der Waals surface area contributed by atoms with Crippen LogP contribution in [-0.4, -0.2) is 65.2 Å². The molecule has 2 heterocycles. The van der Waals surface area contributed by atoms with E-state index in [9.17, 15) is 9.90 Å². The van der Waals surface area contributed by atoms with E-state index in [1.807, 2.05) is 31.2 Å². The second-order valence-corrected chi connectivity index (χ2v) is 8.85. The van der Waals surface area contributed by atoms with Gasteiger partial charge < -0.3 is 15.2 Å². The number of aliphatic hydroxyl groups excluding tert-OH is 1. The van der Waals surface area contributed by atoms with Gasteiger partial charge >= 0.3 is 0 Å². The average molecular weight is 438 g/mol. The van der Waals surface area contributed by atoms with Crippen LogP contribution in [-0.2, 0) is 17.9 Å². The molecule has 0 bridgehead atoms. The third kappa shape index (κ3) is 5.68. The largest absolute Gasteiger partial charge is 0.494 e. The van der Waals surface area contributed by atoms with Gasteiger partial charge in [-0.1, -0.05) is 48.5 Å². The molecular weight excluding hydrogens is 402 g/mol. The van der Waals surface area contributed by atoms with E-state index in [4.69, 9.17) is 4.74 Å². The molecule has 2 N–H and O–H groups in total. The van der Waals surface area contributed by atoms with Gasteiger partial charge in [0.05, 0.1) is 18.8 Å². The Morgan fingerprint density at radius 1 is 1.09 bits per heavy atom. The first-order chi connectivity index (χ1) is 15.6. The lowest BCUT2D eigenvalue weighted by molar-refractivity contribution is -0.126. The van der Waals surface area contributed by atoms with Crippen molar-refractivity contribution in [1.82, 2.24) is 15.1 Å². The van der Waals surface area contributed by atoms with Crippen LogP contribution in [0, 0.1) is 0 Å². The first-order valence-electron chi connectivity index (χ1n) is 11.8. The number of nitrogens with one attached hydrogen (secondary N) is 1. The number of benzene rings is 2. The predicted molar refractivity (Wildman–Crippen MR) is 125 cm³/mol. The van der Waals surface area contributed by atoms with Gasteiger partial charge in [0.2, 0.25) is 5.91 Å². The number of para-hydroxylation sites is 1. The van der Waals surface area contributed by atoms with Gasteiger partial charge in [-0.2, -0.15) is 0 Å². The molecule has 2 atom stereocenters. The number of amides is 1. The van der Waals surface area contributed by atoms with Crippen molar-refractivity contribution in [1.29, 1.82) is 0 Å². The molecule has 2 aliphatic heterocycles. The van der Waals surface area contributed by atoms with Crippen molar-refractivity contribution in [2.24, 2.45) is 0 Å². The van der Waals surface area contributed by atoms with Crippen molar-refractivity contribution >= 4 is 5.91 Å². The smallest absolute Gasteiger partial charge is 0.237 e. The standard InChI is InChI=1S/C26H35N3O3/c1-2-32-25-11-7-6-10-21(25)17-27-26(31)24-16-23(30)19-29(24)22-12-14-28(15-13-22)18-20-8-4-3-5-9-20/h3-11,22-24,30H,2,12-19H2,1H3,(H,27,31)/t23-,24+/m1/s1. The summed E-state index contributed by atoms with van der Waals surface area (Å²) in [7, 11) is 0. The molecule has 2 aliphatic rings. The van der Waals surface area contributed by atoms with Crippen LogP contribution < -0.4 is 10.1 Å². The van der Waals surface area contributed by atoms with Gasteiger partial charge in [0, 0.05) is 31.2 Å². The Kier molecular flexibility index (Phi) is 7.79. The number of piperidine rings is 1. The summed E-state index contributed by atoms with van der Waals surface area (Å²) in [4.78, 5) is 17.8. The van der Waals surface area contributed by atoms with Crippen molar-refractivity contribution in [2.75, 3.05) is 26.2 Å². The second kappa shape index (κ2) is 10.9. The molecule has 0 radical (unpaired) electrons. The van der Waals surface area contributed by atoms with Crippen LogP contribution in [0.15, 0.2) is 54.6 Å². The van der Waals surface area contributed by atoms with Crippen molar-refractivity contribution < 1.29 is 14.6 Å². The van der Waals surface area contributed by atoms with Crippen LogP contribution in [0.3, 0.4) is 0 Å². The number of rotatable bonds is 8. The Morgan fingerprint density at radius 2 is 1.81 bits per heavy atom. The Hall–Kier alpha value is -2.41. The molecule has 32 heavy (non-hydrogen) atoms. The molecule has 4 rings (SSSR count). The maximum Gasteiger partial charge on any atom is 0.237 e. The SMILES string of the molecule is CCOc1ccccc1CNC(=O)[C@@H]1C[C@@H](O)CN1C1CCN(Cc2ccccc2)CC1. The lowest BCUT2D eigenvalue weighted by atomic mass is 10.0. The molecule has 2 saturated heterocycles. The van der Waals surface area contributed by atoms with Crippen LogP contribution in [0.2, 0.25) is 0 Å². The molecule has 172 valence electrons. The van der Waals surface area contributed by atoms with Gasteiger partial charge in [0.1, 0.15) is 5.75 Å². The first kappa shape index (κ1) is 22.8. The highest BCUT2D eigenvalue weighted by Crippen LogP contribution is 2.27. The third-order valence-corrected chi connectivity index (χ3v) is 6.62. The maximum atomic E-state index is 13.1. The summed E-state index contributed by atoms with van der Waals surface area (Å²) in [5, 5.41) is 13.4. The van der Waals surface area contributed by atoms with Crippen molar-refractivity contribution in [3.05, 3.63) is 65.7 Å². The molecule has 0 saturated carbocycles. The molecule has 2 aromatic rings. The van der Waals surface area contributed by atoms with Crippen molar-refractivity contribution in [3.8, 4) is 5.75 Å². The molecule has 2 aromatic carbocycles. The van der Waals surface area contributed by atoms with Gasteiger partial charge in [0.15, 0.2) is 0 Å². The number of hydrogen-bond acceptors (Lipinski definition) is 5. The van der Waals surface area contributed by atoms with E-state index in [1.165, 1.54) is 5.56 Å². The monoisotopic (exact) mass is 437 g/mol. The van der Waals surface area contributed by atoms with E-state index in [1.54, 1.807) is 0 Å². The number of ether oxygens (including phenoxy) is 1. The van der Waals surface area contributed by atoms with E-state index < -0.39 is 6.10 Å². The zero-order chi connectivity index (χ0) is 22.3. The summed E-state index contributed by atoms with van der Waals surface area (Å²) in [6.07, 6.45) is 2.11. The lowest BCUT2D eigenvalue weighted by Crippen LogP contribution is -2.51. The molecule has 6 heteroatoms. The second-order valence-electron chi connectivity index (χ2n) is 8.85. The van der Waals surface area contributed by atoms with E-state index in [0.717, 1.165) is 43.8 Å². The highest BCUT2D eigenvalue weighted by Gasteiger charge is 2.40. The minimum atomic E-state index is -0.441. The number of aliphatic hydroxyl groups is 1. The van der Waals surface area contributed by atoms with Crippen LogP contribution in [0.25, 0.3) is 0 Å². The first-order valence-corrected chi connectivity index (χ1v) is 11.8. The fraction of sp³-hybridized carbons (Fsp3) is 0.500. The molecule has 0 aliphatic carbocycles. The minimum absolute atomic E-state index is 0.000401. The zero-order valence-electron chi connectivity index (χ0n) is 19.0. The Labute approximate surface area is 191 Å². The lowest BCUT2D eigenvalue weighted by Gasteiger charge is -2.39. The molecule has 0 aromatic heterocycles. The van der Waals surface area contributed by atoms with Crippen LogP contribution in [0.5, 0.6) is 5.75 Å². The van der Waals surface area contributed by atoms with Gasteiger partial charge in [0.25, 0.3) is 0 Å². The number of carbonyl (C=O) groups is 1. The molecule has 0 spiro atoms. The average Bonchev–Trinajstić information content (AvgIpc) is 3.21. The maximum absolute atomic E-state index is 13.1. The van der Waals surface area contributed by atoms with E-state index in [0.29, 0.717) is 32.2 Å². The summed E-state index contributed by atoms with van der Waals surface area (Å²) in [6, 6.07) is 18.5. The van der Waals surface area contributed by atoms with Gasteiger partial charge in [-0.25, -0.2) is 0 Å². The number of hydrogen-bond donors (Lipinski definition) is 2. The highest BCUT2D eigenvalue weighted by atomic mass is 16.5. The fourth-order valence-electron chi connectivity index (χ4n) is 5.00. The van der Waals surface area contributed by atoms with Gasteiger partial charge in [-0.3, -0.25) is 14.6 Å². The van der Waals surface area contributed by atoms with E-state index >= 15 is 0 Å². The molecule has 1 amide bonds. The summed E-state index contributed by atoms with van der Waals surface area (Å²) in [5.41, 5.74) is 2.31. The van der Waals surface area contributed by atoms with Gasteiger partial charge in [-0.05, 0) is 50.9 Å². The van der Waals surface area contributed by atoms with E-state index in [2.05, 4.69) is 45.4 Å². The van der Waals surface area contributed by atoms with Crippen molar-refractivity contribution in [2.45, 2.75) is 57.5 Å². The normalized spacial score (nSPS) is 22.7. The molecule has 2 fully saturated rings. The Morgan fingerprint density at radius 3 is 2.56 bits per heavy atom. The Bertz CT molecular complexity index is 868. The number of carbonyl (C=O) groups excluding carboxylic acids is 1. The number of nitrogens with zero attached hydrogens (tertiary/aromatic N) is 2. The quantitative estimate of drug-likeness (QED) is 0.665. The summed E-state index contributed by atoms with van der Waals surface area (Å²) < 4.78 is 5.67. The summed E-state index contributed by atoms with van der Waals surface area (Å²) in [6.45, 7) is 6.57. The molecule has 6 nitrogen and oxygen atoms in total. The molecule has 0 unspecified atom stereocenters. The van der Waals surface area contributed by atoms with Crippen molar-refractivity contribution in [3.63, 3.8) is 0 Å². The third-order valence-electron chi connectivity index (χ3n) is 6.62. The van der Waals surface area contributed by atoms with Gasteiger partial charge in [-0.15, -0.1) is 0 Å². The number of likely N-dealkylation sites (tertiary alicyclic amines) is 2. The van der Waals surface area contributed by atoms with Crippen LogP contribution >= 0.6 is 0 Å². The van der Waals surface area contributed by atoms with Crippen LogP contribution in [0.4, 0.5) is 0 Å². The minimum Gasteiger partial charge on any atom is -0.494 e. The fourth-order valence-corrected chi connectivity index (χ4v) is 5.00.